The summed E-state index contributed by atoms with van der Waals surface area (Å²) in [5.74, 6) is 0.875. The quantitative estimate of drug-likeness (QED) is 0.538. The minimum absolute atomic E-state index is 0.0994. The van der Waals surface area contributed by atoms with Gasteiger partial charge < -0.3 is 15.4 Å². The summed E-state index contributed by atoms with van der Waals surface area (Å²) in [5.41, 5.74) is 1.70. The number of hydrogen-bond acceptors (Lipinski definition) is 6. The van der Waals surface area contributed by atoms with Crippen molar-refractivity contribution in [2.45, 2.75) is 35.5 Å². The van der Waals surface area contributed by atoms with Crippen LogP contribution < -0.4 is 20.7 Å². The summed E-state index contributed by atoms with van der Waals surface area (Å²) >= 11 is 3.18. The molecule has 3 unspecified atom stereocenters. The lowest BCUT2D eigenvalue weighted by Gasteiger charge is -2.35. The molecular formula is C22H27N3O3S2. The highest BCUT2D eigenvalue weighted by Crippen LogP contribution is 2.26. The Hall–Kier alpha value is -2.16. The lowest BCUT2D eigenvalue weighted by Crippen LogP contribution is -2.59. The molecule has 160 valence electrons. The van der Waals surface area contributed by atoms with Crippen molar-refractivity contribution in [2.24, 2.45) is 5.92 Å². The molecule has 2 aromatic carbocycles. The summed E-state index contributed by atoms with van der Waals surface area (Å²) in [6.45, 7) is 1.95. The maximum Gasteiger partial charge on any atom is 0.227 e. The molecule has 1 heterocycles. The highest BCUT2D eigenvalue weighted by molar-refractivity contribution is 7.99. The van der Waals surface area contributed by atoms with Gasteiger partial charge in [0.25, 0.3) is 0 Å². The fourth-order valence-electron chi connectivity index (χ4n) is 3.31. The van der Waals surface area contributed by atoms with E-state index in [1.165, 1.54) is 0 Å². The number of hydrogen-bond donors (Lipinski definition) is 3. The van der Waals surface area contributed by atoms with Crippen molar-refractivity contribution in [3.05, 3.63) is 54.1 Å². The zero-order valence-electron chi connectivity index (χ0n) is 17.3. The van der Waals surface area contributed by atoms with Crippen LogP contribution in [0, 0.1) is 5.92 Å². The third kappa shape index (κ3) is 5.93. The van der Waals surface area contributed by atoms with Gasteiger partial charge >= 0.3 is 0 Å². The Labute approximate surface area is 185 Å². The van der Waals surface area contributed by atoms with Crippen LogP contribution in [0.5, 0.6) is 5.75 Å². The summed E-state index contributed by atoms with van der Waals surface area (Å²) in [5, 5.41) is 9.32. The first-order chi connectivity index (χ1) is 14.5. The molecule has 3 atom stereocenters. The molecular weight excluding hydrogens is 418 g/mol. The molecule has 1 fully saturated rings. The normalized spacial score (nSPS) is 21.0. The van der Waals surface area contributed by atoms with Gasteiger partial charge in [-0.25, -0.2) is 0 Å². The molecule has 0 spiro atoms. The van der Waals surface area contributed by atoms with E-state index in [-0.39, 0.29) is 29.8 Å². The number of para-hydroxylation sites is 1. The van der Waals surface area contributed by atoms with E-state index in [1.54, 1.807) is 30.6 Å². The monoisotopic (exact) mass is 445 g/mol. The molecule has 2 amide bonds. The van der Waals surface area contributed by atoms with E-state index in [0.717, 1.165) is 27.6 Å². The minimum Gasteiger partial charge on any atom is -0.497 e. The number of benzene rings is 2. The fourth-order valence-corrected chi connectivity index (χ4v) is 4.91. The Bertz CT molecular complexity index is 893. The van der Waals surface area contributed by atoms with E-state index < -0.39 is 5.92 Å². The number of nitrogens with one attached hydrogen (secondary N) is 3. The van der Waals surface area contributed by atoms with Gasteiger partial charge in [0.15, 0.2) is 0 Å². The van der Waals surface area contributed by atoms with Crippen LogP contribution in [0.15, 0.2) is 53.4 Å². The smallest absolute Gasteiger partial charge is 0.227 e. The van der Waals surface area contributed by atoms with Crippen molar-refractivity contribution in [2.75, 3.05) is 18.7 Å². The first-order valence-corrected chi connectivity index (χ1v) is 12.0. The van der Waals surface area contributed by atoms with E-state index in [1.807, 2.05) is 61.7 Å². The van der Waals surface area contributed by atoms with Crippen molar-refractivity contribution in [3.63, 3.8) is 0 Å². The standard InChI is InChI=1S/C22H27N3O3S2/c1-14-17(12-20(26)24-18-9-4-5-10-19(18)29-3)21(27)25-22(23-14)30-13-15-7-6-8-16(11-15)28-2/h4-11,14,17,22-23H,12-13H2,1-3H3,(H,24,26)(H,25,27). The predicted molar refractivity (Wildman–Crippen MR) is 124 cm³/mol. The highest BCUT2D eigenvalue weighted by atomic mass is 32.2. The van der Waals surface area contributed by atoms with Gasteiger partial charge in [-0.05, 0) is 43.0 Å². The van der Waals surface area contributed by atoms with Gasteiger partial charge in [-0.15, -0.1) is 23.5 Å². The molecule has 0 aliphatic carbocycles. The van der Waals surface area contributed by atoms with Crippen LogP contribution in [0.4, 0.5) is 5.69 Å². The number of carbonyl (C=O) groups excluding carboxylic acids is 2. The maximum atomic E-state index is 12.7. The van der Waals surface area contributed by atoms with Gasteiger partial charge in [-0.2, -0.15) is 0 Å². The minimum atomic E-state index is -0.417. The van der Waals surface area contributed by atoms with Crippen molar-refractivity contribution >= 4 is 41.0 Å². The SMILES string of the molecule is COc1cccc(CSC2NC(=O)C(CC(=O)Nc3ccccc3SC)C(C)N2)c1. The average Bonchev–Trinajstić information content (AvgIpc) is 2.75. The van der Waals surface area contributed by atoms with E-state index in [9.17, 15) is 9.59 Å². The summed E-state index contributed by atoms with van der Waals surface area (Å²) < 4.78 is 5.26. The second-order valence-electron chi connectivity index (χ2n) is 7.07. The molecule has 2 aromatic rings. The molecule has 1 aliphatic heterocycles. The van der Waals surface area contributed by atoms with Crippen LogP contribution in [-0.4, -0.2) is 36.7 Å². The molecule has 0 saturated carbocycles. The zero-order chi connectivity index (χ0) is 21.5. The molecule has 3 N–H and O–H groups in total. The second-order valence-corrected chi connectivity index (χ2v) is 9.01. The third-order valence-electron chi connectivity index (χ3n) is 4.97. The van der Waals surface area contributed by atoms with Gasteiger partial charge in [0, 0.05) is 23.1 Å². The summed E-state index contributed by atoms with van der Waals surface area (Å²) in [6.07, 6.45) is 2.10. The fraction of sp³-hybridized carbons (Fsp3) is 0.364. The molecule has 0 bridgehead atoms. The van der Waals surface area contributed by atoms with Crippen LogP contribution in [0.2, 0.25) is 0 Å². The molecule has 3 rings (SSSR count). The second kappa shape index (κ2) is 10.7. The first-order valence-electron chi connectivity index (χ1n) is 9.74. The Morgan fingerprint density at radius 1 is 1.20 bits per heavy atom. The number of ether oxygens (including phenoxy) is 1. The lowest BCUT2D eigenvalue weighted by atomic mass is 9.94. The van der Waals surface area contributed by atoms with E-state index in [0.29, 0.717) is 0 Å². The summed E-state index contributed by atoms with van der Waals surface area (Å²) in [4.78, 5) is 26.2. The number of thioether (sulfide) groups is 2. The van der Waals surface area contributed by atoms with Crippen LogP contribution in [-0.2, 0) is 15.3 Å². The largest absolute Gasteiger partial charge is 0.497 e. The molecule has 6 nitrogen and oxygen atoms in total. The highest BCUT2D eigenvalue weighted by Gasteiger charge is 2.35. The van der Waals surface area contributed by atoms with E-state index in [2.05, 4.69) is 16.0 Å². The Balaban J connectivity index is 1.53. The first kappa shape index (κ1) is 22.5. The number of rotatable bonds is 8. The van der Waals surface area contributed by atoms with Crippen molar-refractivity contribution < 1.29 is 14.3 Å². The van der Waals surface area contributed by atoms with Crippen molar-refractivity contribution in [1.82, 2.24) is 10.6 Å². The van der Waals surface area contributed by atoms with Gasteiger partial charge in [0.1, 0.15) is 11.2 Å². The van der Waals surface area contributed by atoms with Crippen molar-refractivity contribution in [1.29, 1.82) is 0 Å². The van der Waals surface area contributed by atoms with Gasteiger partial charge in [0.05, 0.1) is 18.7 Å². The molecule has 1 aliphatic rings. The van der Waals surface area contributed by atoms with Crippen LogP contribution in [0.25, 0.3) is 0 Å². The van der Waals surface area contributed by atoms with E-state index >= 15 is 0 Å². The predicted octanol–water partition coefficient (Wildman–Crippen LogP) is 3.69. The molecule has 8 heteroatoms. The molecule has 0 radical (unpaired) electrons. The molecule has 30 heavy (non-hydrogen) atoms. The zero-order valence-corrected chi connectivity index (χ0v) is 18.9. The van der Waals surface area contributed by atoms with Crippen LogP contribution in [0.3, 0.4) is 0 Å². The Kier molecular flexibility index (Phi) is 8.07. The summed E-state index contributed by atoms with van der Waals surface area (Å²) in [7, 11) is 1.65. The Morgan fingerprint density at radius 2 is 2.00 bits per heavy atom. The number of anilines is 1. The Morgan fingerprint density at radius 3 is 2.73 bits per heavy atom. The molecule has 0 aromatic heterocycles. The number of amides is 2. The van der Waals surface area contributed by atoms with E-state index in [4.69, 9.17) is 4.74 Å². The number of carbonyl (C=O) groups is 2. The van der Waals surface area contributed by atoms with Crippen molar-refractivity contribution in [3.8, 4) is 5.75 Å². The van der Waals surface area contributed by atoms with Gasteiger partial charge in [-0.3, -0.25) is 14.9 Å². The molecule has 1 saturated heterocycles. The lowest BCUT2D eigenvalue weighted by molar-refractivity contribution is -0.131. The number of methoxy groups -OCH3 is 1. The van der Waals surface area contributed by atoms with Gasteiger partial charge in [-0.1, -0.05) is 24.3 Å². The average molecular weight is 446 g/mol. The third-order valence-corrected chi connectivity index (χ3v) is 6.85. The van der Waals surface area contributed by atoms with Crippen LogP contribution in [0.1, 0.15) is 18.9 Å². The van der Waals surface area contributed by atoms with Crippen LogP contribution >= 0.6 is 23.5 Å². The summed E-state index contributed by atoms with van der Waals surface area (Å²) in [6, 6.07) is 15.4. The topological polar surface area (TPSA) is 79.5 Å². The maximum absolute atomic E-state index is 12.7. The van der Waals surface area contributed by atoms with Gasteiger partial charge in [0.2, 0.25) is 11.8 Å².